The number of anilines is 1. The molecule has 1 amide bonds. The van der Waals surface area contributed by atoms with Crippen LogP contribution in [0.1, 0.15) is 109 Å². The van der Waals surface area contributed by atoms with E-state index in [2.05, 4.69) is 30.4 Å². The molecule has 2 fully saturated rings. The van der Waals surface area contributed by atoms with E-state index in [-0.39, 0.29) is 17.3 Å². The van der Waals surface area contributed by atoms with E-state index in [1.54, 1.807) is 18.4 Å². The molecule has 4 atom stereocenters. The van der Waals surface area contributed by atoms with Crippen molar-refractivity contribution in [2.75, 3.05) is 19.0 Å². The molecule has 1 aromatic heterocycles. The van der Waals surface area contributed by atoms with E-state index < -0.39 is 0 Å². The first-order valence-electron chi connectivity index (χ1n) is 14.7. The maximum absolute atomic E-state index is 13.4. The van der Waals surface area contributed by atoms with Gasteiger partial charge in [0.05, 0.1) is 19.3 Å². The second-order valence-electron chi connectivity index (χ2n) is 12.2. The number of nitrogens with one attached hydrogen (secondary N) is 1. The Bertz CT molecular complexity index is 1230. The molecule has 1 N–H and O–H groups in total. The van der Waals surface area contributed by atoms with E-state index in [4.69, 9.17) is 9.47 Å². The van der Waals surface area contributed by atoms with Crippen molar-refractivity contribution in [1.29, 1.82) is 0 Å². The molecule has 0 saturated heterocycles. The number of fused-ring (bicyclic) bond motifs is 7. The molecule has 38 heavy (non-hydrogen) atoms. The van der Waals surface area contributed by atoms with Gasteiger partial charge in [0, 0.05) is 11.3 Å². The lowest BCUT2D eigenvalue weighted by Crippen LogP contribution is -2.43. The summed E-state index contributed by atoms with van der Waals surface area (Å²) < 4.78 is 11.1. The number of benzene rings is 1. The minimum Gasteiger partial charge on any atom is -0.497 e. The number of hydrogen-bond donors (Lipinski definition) is 1. The largest absolute Gasteiger partial charge is 0.497 e. The van der Waals surface area contributed by atoms with Crippen LogP contribution in [-0.2, 0) is 27.8 Å². The summed E-state index contributed by atoms with van der Waals surface area (Å²) in [5, 5.41) is 3.88. The molecule has 5 nitrogen and oxygen atoms in total. The molecule has 0 spiro atoms. The Kier molecular flexibility index (Phi) is 7.04. The number of rotatable bonds is 7. The molecule has 4 aliphatic carbocycles. The van der Waals surface area contributed by atoms with Crippen molar-refractivity contribution >= 4 is 28.2 Å². The molecule has 6 rings (SSSR count). The lowest BCUT2D eigenvalue weighted by atomic mass is 9.54. The number of carbonyl (C=O) groups is 2. The number of methoxy groups -OCH3 is 1. The number of esters is 1. The normalized spacial score (nSPS) is 27.7. The molecular formula is C32H41NO4S. The molecule has 0 bridgehead atoms. The van der Waals surface area contributed by atoms with Gasteiger partial charge in [0.1, 0.15) is 10.8 Å². The van der Waals surface area contributed by atoms with E-state index >= 15 is 0 Å². The molecular weight excluding hydrogens is 494 g/mol. The molecule has 1 heterocycles. The molecule has 2 aromatic rings. The minimum atomic E-state index is -0.277. The lowest BCUT2D eigenvalue weighted by Gasteiger charge is -2.49. The van der Waals surface area contributed by atoms with E-state index in [0.717, 1.165) is 37.9 Å². The molecule has 0 aliphatic heterocycles. The number of aryl methyl sites for hydroxylation is 1. The summed E-state index contributed by atoms with van der Waals surface area (Å²) in [6.07, 6.45) is 12.0. The first-order valence-corrected chi connectivity index (χ1v) is 15.5. The van der Waals surface area contributed by atoms with E-state index in [1.165, 1.54) is 53.7 Å². The molecule has 4 aliphatic rings. The Morgan fingerprint density at radius 3 is 2.74 bits per heavy atom. The highest BCUT2D eigenvalue weighted by molar-refractivity contribution is 7.17. The standard InChI is InChI=1S/C32H41NO4S/c1-4-37-31(35)28-29-26(38-30(28)33-27(34)14-9-19-7-5-6-8-19)18-25-24-12-10-20-17-21(36-3)11-13-22(20)23(24)15-16-32(25,29)2/h11,13,17,19,23-25H,4-10,12,14-16,18H2,1-3H3,(H,33,34). The summed E-state index contributed by atoms with van der Waals surface area (Å²) in [4.78, 5) is 27.6. The zero-order valence-corrected chi connectivity index (χ0v) is 23.9. The average Bonchev–Trinajstić information content (AvgIpc) is 3.62. The van der Waals surface area contributed by atoms with Crippen molar-refractivity contribution < 1.29 is 19.1 Å². The second kappa shape index (κ2) is 10.3. The number of amides is 1. The summed E-state index contributed by atoms with van der Waals surface area (Å²) in [5.74, 6) is 3.07. The van der Waals surface area contributed by atoms with Crippen molar-refractivity contribution in [3.8, 4) is 5.75 Å². The zero-order chi connectivity index (χ0) is 26.4. The highest BCUT2D eigenvalue weighted by Gasteiger charge is 2.55. The van der Waals surface area contributed by atoms with Crippen LogP contribution < -0.4 is 10.1 Å². The number of hydrogen-bond acceptors (Lipinski definition) is 5. The Hall–Kier alpha value is -2.34. The van der Waals surface area contributed by atoms with Gasteiger partial charge in [-0.25, -0.2) is 4.79 Å². The maximum atomic E-state index is 13.4. The van der Waals surface area contributed by atoms with Gasteiger partial charge in [0.15, 0.2) is 0 Å². The Labute approximate surface area is 230 Å². The van der Waals surface area contributed by atoms with Gasteiger partial charge in [-0.2, -0.15) is 0 Å². The van der Waals surface area contributed by atoms with Gasteiger partial charge in [0.2, 0.25) is 5.91 Å². The zero-order valence-electron chi connectivity index (χ0n) is 23.1. The van der Waals surface area contributed by atoms with Crippen LogP contribution in [0.5, 0.6) is 5.75 Å². The maximum Gasteiger partial charge on any atom is 0.341 e. The van der Waals surface area contributed by atoms with Crippen molar-refractivity contribution in [2.45, 2.75) is 95.8 Å². The lowest BCUT2D eigenvalue weighted by molar-refractivity contribution is -0.116. The van der Waals surface area contributed by atoms with Gasteiger partial charge in [-0.15, -0.1) is 11.3 Å². The summed E-state index contributed by atoms with van der Waals surface area (Å²) in [5.41, 5.74) is 4.70. The fourth-order valence-corrected chi connectivity index (χ4v) is 9.83. The van der Waals surface area contributed by atoms with Crippen LogP contribution in [-0.4, -0.2) is 25.6 Å². The summed E-state index contributed by atoms with van der Waals surface area (Å²) in [7, 11) is 1.74. The molecule has 204 valence electrons. The molecule has 1 aromatic carbocycles. The minimum absolute atomic E-state index is 0.0344. The van der Waals surface area contributed by atoms with Crippen LogP contribution in [0.2, 0.25) is 0 Å². The highest BCUT2D eigenvalue weighted by Crippen LogP contribution is 2.63. The topological polar surface area (TPSA) is 64.6 Å². The Balaban J connectivity index is 1.27. The average molecular weight is 536 g/mol. The van der Waals surface area contributed by atoms with Crippen molar-refractivity contribution in [3.05, 3.63) is 45.3 Å². The van der Waals surface area contributed by atoms with Crippen molar-refractivity contribution in [2.24, 2.45) is 17.8 Å². The molecule has 2 saturated carbocycles. The monoisotopic (exact) mass is 535 g/mol. The molecule has 4 unspecified atom stereocenters. The summed E-state index contributed by atoms with van der Waals surface area (Å²) in [6.45, 7) is 4.57. The van der Waals surface area contributed by atoms with E-state index in [9.17, 15) is 9.59 Å². The third-order valence-electron chi connectivity index (χ3n) is 10.3. The fourth-order valence-electron chi connectivity index (χ4n) is 8.43. The first kappa shape index (κ1) is 25.9. The Morgan fingerprint density at radius 2 is 1.97 bits per heavy atom. The van der Waals surface area contributed by atoms with Crippen molar-refractivity contribution in [1.82, 2.24) is 0 Å². The fraction of sp³-hybridized carbons (Fsp3) is 0.625. The second-order valence-corrected chi connectivity index (χ2v) is 13.3. The van der Waals surface area contributed by atoms with Crippen molar-refractivity contribution in [3.63, 3.8) is 0 Å². The smallest absolute Gasteiger partial charge is 0.341 e. The number of ether oxygens (including phenoxy) is 2. The van der Waals surface area contributed by atoms with Crippen LogP contribution in [0.25, 0.3) is 0 Å². The predicted octanol–water partition coefficient (Wildman–Crippen LogP) is 7.41. The number of thiophene rings is 1. The third-order valence-corrected chi connectivity index (χ3v) is 11.4. The van der Waals surface area contributed by atoms with Crippen LogP contribution in [0.3, 0.4) is 0 Å². The Morgan fingerprint density at radius 1 is 1.16 bits per heavy atom. The van der Waals surface area contributed by atoms with Gasteiger partial charge >= 0.3 is 5.97 Å². The molecule has 6 heteroatoms. The van der Waals surface area contributed by atoms with Gasteiger partial charge < -0.3 is 14.8 Å². The SMILES string of the molecule is CCOC(=O)c1c(NC(=O)CCC2CCCC2)sc2c1C1(C)CCC3c4ccc(OC)cc4CCC3C1C2. The van der Waals surface area contributed by atoms with E-state index in [0.29, 0.717) is 47.3 Å². The molecule has 0 radical (unpaired) electrons. The number of carbonyl (C=O) groups excluding carboxylic acids is 2. The third kappa shape index (κ3) is 4.37. The van der Waals surface area contributed by atoms with Gasteiger partial charge in [-0.05, 0) is 103 Å². The van der Waals surface area contributed by atoms with Crippen LogP contribution in [0.15, 0.2) is 18.2 Å². The highest BCUT2D eigenvalue weighted by atomic mass is 32.1. The van der Waals surface area contributed by atoms with Gasteiger partial charge in [0.25, 0.3) is 0 Å². The van der Waals surface area contributed by atoms with Gasteiger partial charge in [-0.3, -0.25) is 4.79 Å². The summed E-state index contributed by atoms with van der Waals surface area (Å²) in [6, 6.07) is 6.63. The quantitative estimate of drug-likeness (QED) is 0.375. The first-order chi connectivity index (χ1) is 18.4. The van der Waals surface area contributed by atoms with Crippen LogP contribution in [0.4, 0.5) is 5.00 Å². The van der Waals surface area contributed by atoms with Crippen LogP contribution >= 0.6 is 11.3 Å². The van der Waals surface area contributed by atoms with Gasteiger partial charge in [-0.1, -0.05) is 38.7 Å². The van der Waals surface area contributed by atoms with Crippen LogP contribution in [0, 0.1) is 17.8 Å². The van der Waals surface area contributed by atoms with E-state index in [1.807, 2.05) is 6.92 Å². The summed E-state index contributed by atoms with van der Waals surface area (Å²) >= 11 is 1.63. The predicted molar refractivity (Wildman–Crippen MR) is 151 cm³/mol.